The summed E-state index contributed by atoms with van der Waals surface area (Å²) in [5.74, 6) is 0.680. The average molecular weight is 436 g/mol. The van der Waals surface area contributed by atoms with Crippen LogP contribution in [-0.2, 0) is 13.1 Å². The molecule has 0 aliphatic heterocycles. The van der Waals surface area contributed by atoms with Gasteiger partial charge in [0.15, 0.2) is 10.9 Å². The van der Waals surface area contributed by atoms with E-state index in [1.807, 2.05) is 65.5 Å². The van der Waals surface area contributed by atoms with E-state index in [0.717, 1.165) is 15.1 Å². The van der Waals surface area contributed by atoms with Gasteiger partial charge in [0.2, 0.25) is 0 Å². The highest BCUT2D eigenvalue weighted by molar-refractivity contribution is 9.10. The minimum absolute atomic E-state index is 0.529. The van der Waals surface area contributed by atoms with Crippen LogP contribution in [0.2, 0.25) is 5.02 Å². The van der Waals surface area contributed by atoms with Crippen LogP contribution >= 0.6 is 39.7 Å². The Balaban J connectivity index is 1.58. The molecule has 2 aromatic carbocycles. The van der Waals surface area contributed by atoms with E-state index in [1.54, 1.807) is 0 Å². The normalized spacial score (nSPS) is 10.5. The quantitative estimate of drug-likeness (QED) is 0.563. The van der Waals surface area contributed by atoms with E-state index in [4.69, 9.17) is 23.8 Å². The van der Waals surface area contributed by atoms with Crippen molar-refractivity contribution in [1.82, 2.24) is 15.1 Å². The molecule has 3 aromatic rings. The molecule has 3 rings (SSSR count). The van der Waals surface area contributed by atoms with Crippen molar-refractivity contribution in [2.45, 2.75) is 13.1 Å². The molecular weight excluding hydrogens is 420 g/mol. The molecule has 0 amide bonds. The molecule has 0 aliphatic carbocycles. The van der Waals surface area contributed by atoms with Gasteiger partial charge in [-0.2, -0.15) is 5.10 Å². The predicted octanol–water partition coefficient (Wildman–Crippen LogP) is 4.83. The number of benzene rings is 2. The summed E-state index contributed by atoms with van der Waals surface area (Å²) >= 11 is 14.8. The van der Waals surface area contributed by atoms with Gasteiger partial charge in [-0.3, -0.25) is 4.68 Å². The van der Waals surface area contributed by atoms with Crippen molar-refractivity contribution in [3.63, 3.8) is 0 Å². The number of nitrogens with zero attached hydrogens (tertiary/aromatic N) is 2. The zero-order chi connectivity index (χ0) is 17.6. The van der Waals surface area contributed by atoms with Gasteiger partial charge in [0, 0.05) is 17.8 Å². The summed E-state index contributed by atoms with van der Waals surface area (Å²) < 4.78 is 2.69. The first kappa shape index (κ1) is 17.9. The van der Waals surface area contributed by atoms with Crippen molar-refractivity contribution in [2.75, 3.05) is 5.32 Å². The largest absolute Gasteiger partial charge is 0.358 e. The Labute approximate surface area is 165 Å². The van der Waals surface area contributed by atoms with Crippen molar-refractivity contribution in [2.24, 2.45) is 0 Å². The molecule has 0 saturated carbocycles. The van der Waals surface area contributed by atoms with Crippen molar-refractivity contribution >= 4 is 50.7 Å². The van der Waals surface area contributed by atoms with E-state index < -0.39 is 0 Å². The summed E-state index contributed by atoms with van der Waals surface area (Å²) in [5.41, 5.74) is 2.29. The van der Waals surface area contributed by atoms with E-state index >= 15 is 0 Å². The summed E-state index contributed by atoms with van der Waals surface area (Å²) in [6.45, 7) is 1.32. The van der Waals surface area contributed by atoms with Gasteiger partial charge in [-0.25, -0.2) is 0 Å². The Kier molecular flexibility index (Phi) is 6.07. The number of thiocarbonyl (C=S) groups is 1. The first-order valence-electron chi connectivity index (χ1n) is 7.66. The van der Waals surface area contributed by atoms with E-state index in [2.05, 4.69) is 31.7 Å². The first-order valence-corrected chi connectivity index (χ1v) is 9.24. The average Bonchev–Trinajstić information content (AvgIpc) is 2.95. The lowest BCUT2D eigenvalue weighted by Gasteiger charge is -2.09. The maximum absolute atomic E-state index is 5.91. The molecule has 1 aromatic heterocycles. The molecule has 0 bridgehead atoms. The smallest absolute Gasteiger partial charge is 0.172 e. The first-order chi connectivity index (χ1) is 12.1. The van der Waals surface area contributed by atoms with Gasteiger partial charge in [-0.1, -0.05) is 54.1 Å². The second-order valence-electron chi connectivity index (χ2n) is 5.44. The van der Waals surface area contributed by atoms with Crippen molar-refractivity contribution in [3.8, 4) is 0 Å². The molecule has 0 atom stereocenters. The van der Waals surface area contributed by atoms with E-state index in [-0.39, 0.29) is 0 Å². The van der Waals surface area contributed by atoms with Crippen LogP contribution < -0.4 is 10.6 Å². The lowest BCUT2D eigenvalue weighted by Crippen LogP contribution is -2.28. The lowest BCUT2D eigenvalue weighted by atomic mass is 10.2. The highest BCUT2D eigenvalue weighted by Gasteiger charge is 2.08. The predicted molar refractivity (Wildman–Crippen MR) is 110 cm³/mol. The van der Waals surface area contributed by atoms with Gasteiger partial charge in [0.25, 0.3) is 0 Å². The fourth-order valence-corrected chi connectivity index (χ4v) is 2.98. The number of anilines is 1. The van der Waals surface area contributed by atoms with E-state index in [1.165, 1.54) is 5.56 Å². The SMILES string of the molecule is S=C(NCc1ccccc1)Nc1nn(Cc2ccc(Cl)cc2)cc1Br. The third-order valence-corrected chi connectivity index (χ3v) is 4.58. The molecular formula is C18H16BrClN4S. The molecule has 1 heterocycles. The zero-order valence-corrected chi connectivity index (χ0v) is 16.4. The van der Waals surface area contributed by atoms with Gasteiger partial charge in [-0.05, 0) is 51.4 Å². The van der Waals surface area contributed by atoms with Crippen molar-refractivity contribution in [3.05, 3.63) is 81.4 Å². The summed E-state index contributed by atoms with van der Waals surface area (Å²) in [4.78, 5) is 0. The van der Waals surface area contributed by atoms with Gasteiger partial charge in [0.1, 0.15) is 0 Å². The topological polar surface area (TPSA) is 41.9 Å². The third-order valence-electron chi connectivity index (χ3n) is 3.50. The summed E-state index contributed by atoms with van der Waals surface area (Å²) in [7, 11) is 0. The second-order valence-corrected chi connectivity index (χ2v) is 7.14. The second kappa shape index (κ2) is 8.47. The Morgan fingerprint density at radius 3 is 2.52 bits per heavy atom. The Morgan fingerprint density at radius 2 is 1.80 bits per heavy atom. The minimum Gasteiger partial charge on any atom is -0.358 e. The van der Waals surface area contributed by atoms with Crippen LogP contribution in [0.1, 0.15) is 11.1 Å². The van der Waals surface area contributed by atoms with Gasteiger partial charge < -0.3 is 10.6 Å². The molecule has 0 fully saturated rings. The number of halogens is 2. The Morgan fingerprint density at radius 1 is 1.08 bits per heavy atom. The van der Waals surface area contributed by atoms with Crippen LogP contribution in [0.25, 0.3) is 0 Å². The van der Waals surface area contributed by atoms with Gasteiger partial charge in [0.05, 0.1) is 11.0 Å². The maximum Gasteiger partial charge on any atom is 0.172 e. The molecule has 0 radical (unpaired) electrons. The highest BCUT2D eigenvalue weighted by atomic mass is 79.9. The summed E-state index contributed by atoms with van der Waals surface area (Å²) in [6.07, 6.45) is 1.91. The Bertz CT molecular complexity index is 849. The molecule has 0 aliphatic rings. The van der Waals surface area contributed by atoms with Crippen LogP contribution in [0, 0.1) is 0 Å². The zero-order valence-electron chi connectivity index (χ0n) is 13.2. The summed E-state index contributed by atoms with van der Waals surface area (Å²) in [6, 6.07) is 17.8. The number of aromatic nitrogens is 2. The number of nitrogens with one attached hydrogen (secondary N) is 2. The molecule has 128 valence electrons. The van der Waals surface area contributed by atoms with Crippen molar-refractivity contribution in [1.29, 1.82) is 0 Å². The van der Waals surface area contributed by atoms with Crippen LogP contribution in [0.5, 0.6) is 0 Å². The van der Waals surface area contributed by atoms with E-state index in [0.29, 0.717) is 24.0 Å². The minimum atomic E-state index is 0.529. The van der Waals surface area contributed by atoms with Crippen LogP contribution in [-0.4, -0.2) is 14.9 Å². The van der Waals surface area contributed by atoms with Crippen LogP contribution in [0.3, 0.4) is 0 Å². The van der Waals surface area contributed by atoms with E-state index in [9.17, 15) is 0 Å². The number of hydrogen-bond acceptors (Lipinski definition) is 2. The van der Waals surface area contributed by atoms with Crippen molar-refractivity contribution < 1.29 is 0 Å². The van der Waals surface area contributed by atoms with Gasteiger partial charge in [-0.15, -0.1) is 0 Å². The van der Waals surface area contributed by atoms with Gasteiger partial charge >= 0.3 is 0 Å². The number of hydrogen-bond donors (Lipinski definition) is 2. The molecule has 25 heavy (non-hydrogen) atoms. The Hall–Kier alpha value is -1.89. The monoisotopic (exact) mass is 434 g/mol. The standard InChI is InChI=1S/C18H16BrClN4S/c19-16-12-24(11-14-6-8-15(20)9-7-14)23-17(16)22-18(25)21-10-13-4-2-1-3-5-13/h1-9,12H,10-11H2,(H2,21,22,23,25). The fourth-order valence-electron chi connectivity index (χ4n) is 2.27. The third kappa shape index (κ3) is 5.29. The molecule has 2 N–H and O–H groups in total. The maximum atomic E-state index is 5.91. The lowest BCUT2D eigenvalue weighted by molar-refractivity contribution is 0.689. The molecule has 7 heteroatoms. The fraction of sp³-hybridized carbons (Fsp3) is 0.111. The molecule has 4 nitrogen and oxygen atoms in total. The molecule has 0 unspecified atom stereocenters. The molecule has 0 spiro atoms. The highest BCUT2D eigenvalue weighted by Crippen LogP contribution is 2.21. The van der Waals surface area contributed by atoms with Crippen LogP contribution in [0.4, 0.5) is 5.82 Å². The van der Waals surface area contributed by atoms with Crippen LogP contribution in [0.15, 0.2) is 65.3 Å². The number of rotatable bonds is 5. The summed E-state index contributed by atoms with van der Waals surface area (Å²) in [5, 5.41) is 12.1. The molecule has 0 saturated heterocycles.